The molecule has 0 radical (unpaired) electrons. The van der Waals surface area contributed by atoms with Crippen molar-refractivity contribution in [2.24, 2.45) is 0 Å². The Labute approximate surface area is 98.9 Å². The van der Waals surface area contributed by atoms with Crippen LogP contribution in [0.25, 0.3) is 11.1 Å². The van der Waals surface area contributed by atoms with Crippen LogP contribution in [0.3, 0.4) is 0 Å². The molecule has 2 N–H and O–H groups in total. The number of hydrogen-bond acceptors (Lipinski definition) is 4. The van der Waals surface area contributed by atoms with Gasteiger partial charge in [0.15, 0.2) is 0 Å². The lowest BCUT2D eigenvalue weighted by atomic mass is 10.0. The lowest BCUT2D eigenvalue weighted by Gasteiger charge is -2.07. The third-order valence-corrected chi connectivity index (χ3v) is 2.77. The van der Waals surface area contributed by atoms with Gasteiger partial charge in [-0.1, -0.05) is 18.2 Å². The summed E-state index contributed by atoms with van der Waals surface area (Å²) >= 11 is 0. The molecular weight excluding hydrogens is 212 g/mol. The van der Waals surface area contributed by atoms with Gasteiger partial charge in [0.05, 0.1) is 12.2 Å². The first-order valence-corrected chi connectivity index (χ1v) is 5.36. The molecule has 0 saturated carbocycles. The Kier molecular flexibility index (Phi) is 2.16. The third-order valence-electron chi connectivity index (χ3n) is 2.77. The van der Waals surface area contributed by atoms with Gasteiger partial charge in [-0.15, -0.1) is 0 Å². The van der Waals surface area contributed by atoms with E-state index in [0.29, 0.717) is 12.2 Å². The summed E-state index contributed by atoms with van der Waals surface area (Å²) in [6.45, 7) is 0.628. The summed E-state index contributed by atoms with van der Waals surface area (Å²) in [4.78, 5) is 4.28. The number of nitrogens with one attached hydrogen (secondary N) is 2. The average molecular weight is 222 g/mol. The van der Waals surface area contributed by atoms with E-state index in [4.69, 9.17) is 5.26 Å². The summed E-state index contributed by atoms with van der Waals surface area (Å²) in [5.41, 5.74) is 3.65. The lowest BCUT2D eigenvalue weighted by Crippen LogP contribution is -2.10. The Hall–Kier alpha value is -2.54. The third kappa shape index (κ3) is 1.58. The van der Waals surface area contributed by atoms with Gasteiger partial charge in [0, 0.05) is 23.0 Å². The number of nitriles is 1. The Bertz CT molecular complexity index is 613. The Morgan fingerprint density at radius 1 is 1.18 bits per heavy atom. The number of rotatable bonds is 0. The summed E-state index contributed by atoms with van der Waals surface area (Å²) in [5, 5.41) is 15.4. The van der Waals surface area contributed by atoms with E-state index in [9.17, 15) is 0 Å². The molecule has 1 aliphatic rings. The van der Waals surface area contributed by atoms with Crippen molar-refractivity contribution in [2.75, 3.05) is 17.3 Å². The number of benzene rings is 1. The first-order valence-electron chi connectivity index (χ1n) is 5.36. The minimum absolute atomic E-state index is 0.572. The minimum atomic E-state index is 0.572. The molecule has 0 fully saturated rings. The quantitative estimate of drug-likeness (QED) is 0.718. The molecule has 1 aromatic carbocycles. The standard InChI is InChI=1S/C13H10N4/c14-6-9-5-11-10-3-1-2-4-12(10)16-8-17-13(11)15-7-9/h1-5,7,16H,8H2,(H,15,17). The van der Waals surface area contributed by atoms with Crippen molar-refractivity contribution in [1.29, 1.82) is 5.26 Å². The number of hydrogen-bond donors (Lipinski definition) is 2. The molecule has 17 heavy (non-hydrogen) atoms. The van der Waals surface area contributed by atoms with Crippen LogP contribution in [0.15, 0.2) is 36.5 Å². The maximum Gasteiger partial charge on any atom is 0.135 e. The zero-order valence-corrected chi connectivity index (χ0v) is 9.07. The van der Waals surface area contributed by atoms with Crippen molar-refractivity contribution in [1.82, 2.24) is 4.98 Å². The van der Waals surface area contributed by atoms with Gasteiger partial charge < -0.3 is 10.6 Å². The molecule has 82 valence electrons. The Balaban J connectivity index is 2.27. The van der Waals surface area contributed by atoms with Crippen molar-refractivity contribution >= 4 is 11.5 Å². The number of fused-ring (bicyclic) bond motifs is 3. The molecule has 0 atom stereocenters. The predicted molar refractivity (Wildman–Crippen MR) is 66.5 cm³/mol. The maximum absolute atomic E-state index is 8.93. The van der Waals surface area contributed by atoms with Crippen LogP contribution in [-0.2, 0) is 0 Å². The van der Waals surface area contributed by atoms with E-state index in [1.165, 1.54) is 0 Å². The van der Waals surface area contributed by atoms with Gasteiger partial charge >= 0.3 is 0 Å². The molecule has 0 spiro atoms. The predicted octanol–water partition coefficient (Wildman–Crippen LogP) is 2.42. The molecule has 2 heterocycles. The van der Waals surface area contributed by atoms with E-state index in [1.807, 2.05) is 30.3 Å². The van der Waals surface area contributed by atoms with E-state index in [1.54, 1.807) is 6.20 Å². The highest BCUT2D eigenvalue weighted by atomic mass is 15.1. The molecule has 0 saturated heterocycles. The molecule has 1 aromatic heterocycles. The van der Waals surface area contributed by atoms with Crippen molar-refractivity contribution in [2.45, 2.75) is 0 Å². The molecule has 4 nitrogen and oxygen atoms in total. The number of para-hydroxylation sites is 1. The summed E-state index contributed by atoms with van der Waals surface area (Å²) < 4.78 is 0. The highest BCUT2D eigenvalue weighted by Gasteiger charge is 2.14. The van der Waals surface area contributed by atoms with Crippen molar-refractivity contribution in [3.8, 4) is 17.2 Å². The number of pyridine rings is 1. The second kappa shape index (κ2) is 3.80. The van der Waals surface area contributed by atoms with Crippen LogP contribution in [0.2, 0.25) is 0 Å². The maximum atomic E-state index is 8.93. The summed E-state index contributed by atoms with van der Waals surface area (Å²) in [6.07, 6.45) is 1.58. The first-order chi connectivity index (χ1) is 8.38. The van der Waals surface area contributed by atoms with Crippen LogP contribution < -0.4 is 10.6 Å². The van der Waals surface area contributed by atoms with Gasteiger partial charge in [-0.3, -0.25) is 0 Å². The Morgan fingerprint density at radius 3 is 2.94 bits per heavy atom. The first kappa shape index (κ1) is 9.67. The molecule has 1 aliphatic heterocycles. The second-order valence-electron chi connectivity index (χ2n) is 3.81. The van der Waals surface area contributed by atoms with E-state index >= 15 is 0 Å². The zero-order chi connectivity index (χ0) is 11.7. The van der Waals surface area contributed by atoms with Crippen molar-refractivity contribution in [3.05, 3.63) is 42.1 Å². The number of aromatic nitrogens is 1. The SMILES string of the molecule is N#Cc1cnc2c(c1)-c1ccccc1NCN2. The van der Waals surface area contributed by atoms with Gasteiger partial charge in [0.2, 0.25) is 0 Å². The van der Waals surface area contributed by atoms with Gasteiger partial charge in [-0.05, 0) is 12.1 Å². The van der Waals surface area contributed by atoms with Crippen LogP contribution in [0, 0.1) is 11.3 Å². The molecule has 3 rings (SSSR count). The molecule has 0 unspecified atom stereocenters. The van der Waals surface area contributed by atoms with Crippen molar-refractivity contribution < 1.29 is 0 Å². The molecule has 0 bridgehead atoms. The summed E-state index contributed by atoms with van der Waals surface area (Å²) in [7, 11) is 0. The monoisotopic (exact) mass is 222 g/mol. The van der Waals surface area contributed by atoms with E-state index in [2.05, 4.69) is 21.7 Å². The zero-order valence-electron chi connectivity index (χ0n) is 9.07. The molecule has 0 aliphatic carbocycles. The van der Waals surface area contributed by atoms with Crippen molar-refractivity contribution in [3.63, 3.8) is 0 Å². The number of anilines is 2. The highest BCUT2D eigenvalue weighted by Crippen LogP contribution is 2.34. The van der Waals surface area contributed by atoms with Crippen LogP contribution in [0.5, 0.6) is 0 Å². The van der Waals surface area contributed by atoms with Crippen LogP contribution >= 0.6 is 0 Å². The minimum Gasteiger partial charge on any atom is -0.367 e. The Morgan fingerprint density at radius 2 is 2.06 bits per heavy atom. The normalized spacial score (nSPS) is 12.2. The fourth-order valence-electron chi connectivity index (χ4n) is 1.97. The fourth-order valence-corrected chi connectivity index (χ4v) is 1.97. The highest BCUT2D eigenvalue weighted by molar-refractivity contribution is 5.86. The van der Waals surface area contributed by atoms with Crippen LogP contribution in [-0.4, -0.2) is 11.7 Å². The van der Waals surface area contributed by atoms with Gasteiger partial charge in [0.25, 0.3) is 0 Å². The summed E-state index contributed by atoms with van der Waals surface area (Å²) in [5.74, 6) is 0.807. The topological polar surface area (TPSA) is 60.7 Å². The lowest BCUT2D eigenvalue weighted by molar-refractivity contribution is 1.18. The van der Waals surface area contributed by atoms with Crippen LogP contribution in [0.4, 0.5) is 11.5 Å². The second-order valence-corrected chi connectivity index (χ2v) is 3.81. The van der Waals surface area contributed by atoms with Gasteiger partial charge in [-0.2, -0.15) is 5.26 Å². The average Bonchev–Trinajstić information content (AvgIpc) is 2.57. The molecule has 2 aromatic rings. The van der Waals surface area contributed by atoms with E-state index in [0.717, 1.165) is 22.6 Å². The van der Waals surface area contributed by atoms with E-state index in [-0.39, 0.29) is 0 Å². The molecule has 4 heteroatoms. The number of nitrogens with zero attached hydrogens (tertiary/aromatic N) is 2. The fraction of sp³-hybridized carbons (Fsp3) is 0.0769. The molecular formula is C13H10N4. The van der Waals surface area contributed by atoms with Crippen LogP contribution in [0.1, 0.15) is 5.56 Å². The van der Waals surface area contributed by atoms with Gasteiger partial charge in [-0.25, -0.2) is 4.98 Å². The van der Waals surface area contributed by atoms with E-state index < -0.39 is 0 Å². The van der Waals surface area contributed by atoms with Gasteiger partial charge in [0.1, 0.15) is 11.9 Å². The molecule has 0 amide bonds. The largest absolute Gasteiger partial charge is 0.367 e. The smallest absolute Gasteiger partial charge is 0.135 e. The summed E-state index contributed by atoms with van der Waals surface area (Å²) in [6, 6.07) is 12.0.